The number of aliphatic hydroxyl groups excluding tert-OH is 1. The molecule has 1 fully saturated rings. The molecule has 2 aromatic carbocycles. The fourth-order valence-electron chi connectivity index (χ4n) is 7.43. The van der Waals surface area contributed by atoms with Crippen LogP contribution in [0.2, 0.25) is 0 Å². The lowest BCUT2D eigenvalue weighted by molar-refractivity contribution is -0.151. The lowest BCUT2D eigenvalue weighted by atomic mass is 9.70. The SMILES string of the molecule is COc1c(C)cc2c(c1O)[C@H]1[C@@H]3C(O)c4c(O)c(C)c5c(c4[C@H](COC(C)=O)N3[C@@H](C#N)C(C2)N1C(=O)OCC(Cl)(Cl)Cl)OCO5. The van der Waals surface area contributed by atoms with Crippen molar-refractivity contribution in [1.82, 2.24) is 9.80 Å². The number of methoxy groups -OCH3 is 1. The molecule has 2 bridgehead atoms. The van der Waals surface area contributed by atoms with Gasteiger partial charge < -0.3 is 39.0 Å². The summed E-state index contributed by atoms with van der Waals surface area (Å²) in [6.45, 7) is 3.46. The smallest absolute Gasteiger partial charge is 0.410 e. The molecular formula is C30H30Cl3N3O10. The third-order valence-electron chi connectivity index (χ3n) is 9.06. The number of nitriles is 1. The molecule has 16 heteroatoms. The van der Waals surface area contributed by atoms with E-state index >= 15 is 0 Å². The van der Waals surface area contributed by atoms with Crippen molar-refractivity contribution in [3.8, 4) is 34.8 Å². The van der Waals surface area contributed by atoms with Crippen LogP contribution in [-0.2, 0) is 20.7 Å². The highest BCUT2D eigenvalue weighted by Crippen LogP contribution is 2.61. The molecule has 6 atom stereocenters. The van der Waals surface area contributed by atoms with Gasteiger partial charge in [0.05, 0.1) is 37.3 Å². The number of amides is 1. The molecule has 46 heavy (non-hydrogen) atoms. The van der Waals surface area contributed by atoms with Gasteiger partial charge in [-0.1, -0.05) is 40.9 Å². The molecule has 2 unspecified atom stereocenters. The standard InChI is InChI=1S/C30H30Cl3N3O10/c1-11-5-14-6-15-16(7-34)35-17(8-43-13(3)37)19-20(23(38)12(2)27-28(19)46-10-45-27)24(39)22(35)21(18(14)25(40)26(11)42-4)36(15)29(41)44-9-30(31,32)33/h5,15-17,21-22,24,38-40H,6,8-10H2,1-4H3/t15?,16-,17-,21-,22+,24?/m0/s1. The van der Waals surface area contributed by atoms with E-state index in [-0.39, 0.29) is 65.3 Å². The quantitative estimate of drug-likeness (QED) is 0.308. The van der Waals surface area contributed by atoms with Gasteiger partial charge in [-0.05, 0) is 31.4 Å². The van der Waals surface area contributed by atoms with Crippen molar-refractivity contribution in [2.24, 2.45) is 0 Å². The number of phenolic OH excluding ortho intramolecular Hbond substituents is 2. The predicted octanol–water partition coefficient (Wildman–Crippen LogP) is 4.15. The number of alkyl halides is 3. The lowest BCUT2D eigenvalue weighted by Crippen LogP contribution is -2.71. The minimum Gasteiger partial charge on any atom is -0.507 e. The average Bonchev–Trinajstić information content (AvgIpc) is 3.47. The van der Waals surface area contributed by atoms with E-state index in [2.05, 4.69) is 6.07 Å². The van der Waals surface area contributed by atoms with E-state index in [1.165, 1.54) is 18.9 Å². The minimum atomic E-state index is -1.95. The summed E-state index contributed by atoms with van der Waals surface area (Å²) in [5.74, 6) is -0.573. The molecule has 4 aliphatic rings. The van der Waals surface area contributed by atoms with Gasteiger partial charge in [0.1, 0.15) is 31.1 Å². The molecular weight excluding hydrogens is 669 g/mol. The maximum Gasteiger partial charge on any atom is 0.410 e. The number of nitrogens with zero attached hydrogens (tertiary/aromatic N) is 3. The number of rotatable bonds is 4. The molecule has 0 aromatic heterocycles. The number of benzene rings is 2. The van der Waals surface area contributed by atoms with Gasteiger partial charge in [0.25, 0.3) is 0 Å². The van der Waals surface area contributed by atoms with E-state index in [1.54, 1.807) is 24.8 Å². The number of carbonyl (C=O) groups is 2. The summed E-state index contributed by atoms with van der Waals surface area (Å²) in [6, 6.07) is -1.40. The van der Waals surface area contributed by atoms with Crippen LogP contribution in [0, 0.1) is 25.2 Å². The molecule has 1 amide bonds. The maximum atomic E-state index is 13.9. The Labute approximate surface area is 278 Å². The van der Waals surface area contributed by atoms with Gasteiger partial charge in [0.15, 0.2) is 23.0 Å². The highest BCUT2D eigenvalue weighted by Gasteiger charge is 2.62. The zero-order chi connectivity index (χ0) is 33.4. The fraction of sp³-hybridized carbons (Fsp3) is 0.500. The Kier molecular flexibility index (Phi) is 8.18. The number of hydrogen-bond acceptors (Lipinski definition) is 12. The number of halogens is 3. The number of ether oxygens (including phenoxy) is 5. The molecule has 1 saturated heterocycles. The van der Waals surface area contributed by atoms with Crippen LogP contribution < -0.4 is 14.2 Å². The van der Waals surface area contributed by atoms with E-state index in [0.717, 1.165) is 0 Å². The van der Waals surface area contributed by atoms with E-state index in [4.69, 9.17) is 58.5 Å². The van der Waals surface area contributed by atoms with Gasteiger partial charge in [-0.2, -0.15) is 5.26 Å². The van der Waals surface area contributed by atoms with Crippen LogP contribution in [0.25, 0.3) is 0 Å². The summed E-state index contributed by atoms with van der Waals surface area (Å²) in [5.41, 5.74) is 2.06. The van der Waals surface area contributed by atoms with Gasteiger partial charge in [0.2, 0.25) is 10.6 Å². The Morgan fingerprint density at radius 1 is 1.11 bits per heavy atom. The second-order valence-corrected chi connectivity index (χ2v) is 14.1. The van der Waals surface area contributed by atoms with Gasteiger partial charge >= 0.3 is 12.1 Å². The first-order valence-electron chi connectivity index (χ1n) is 14.3. The number of aromatic hydroxyl groups is 2. The molecule has 0 saturated carbocycles. The number of aryl methyl sites for hydroxylation is 1. The monoisotopic (exact) mass is 697 g/mol. The van der Waals surface area contributed by atoms with Crippen LogP contribution in [0.4, 0.5) is 4.79 Å². The van der Waals surface area contributed by atoms with Crippen molar-refractivity contribution < 1.29 is 48.6 Å². The molecule has 0 aliphatic carbocycles. The van der Waals surface area contributed by atoms with E-state index < -0.39 is 58.8 Å². The lowest BCUT2D eigenvalue weighted by Gasteiger charge is -2.60. The molecule has 246 valence electrons. The van der Waals surface area contributed by atoms with Crippen molar-refractivity contribution in [2.75, 3.05) is 27.1 Å². The maximum absolute atomic E-state index is 13.9. The zero-order valence-electron chi connectivity index (χ0n) is 25.0. The third kappa shape index (κ3) is 4.89. The van der Waals surface area contributed by atoms with Crippen molar-refractivity contribution in [3.05, 3.63) is 39.4 Å². The van der Waals surface area contributed by atoms with Gasteiger partial charge in [-0.15, -0.1) is 0 Å². The Hall–Kier alpha value is -3.54. The van der Waals surface area contributed by atoms with Crippen LogP contribution in [0.15, 0.2) is 6.07 Å². The Morgan fingerprint density at radius 2 is 1.80 bits per heavy atom. The first kappa shape index (κ1) is 32.4. The first-order chi connectivity index (χ1) is 21.7. The number of piperazine rings is 1. The molecule has 2 aromatic rings. The van der Waals surface area contributed by atoms with E-state index in [1.807, 2.05) is 0 Å². The van der Waals surface area contributed by atoms with Crippen LogP contribution in [0.5, 0.6) is 28.7 Å². The molecule has 3 N–H and O–H groups in total. The Balaban J connectivity index is 1.64. The zero-order valence-corrected chi connectivity index (χ0v) is 27.3. The normalized spacial score (nSPS) is 25.9. The predicted molar refractivity (Wildman–Crippen MR) is 161 cm³/mol. The highest BCUT2D eigenvalue weighted by atomic mass is 35.6. The van der Waals surface area contributed by atoms with Crippen molar-refractivity contribution >= 4 is 46.9 Å². The largest absolute Gasteiger partial charge is 0.507 e. The Bertz CT molecular complexity index is 1680. The van der Waals surface area contributed by atoms with Gasteiger partial charge in [0, 0.05) is 29.2 Å². The summed E-state index contributed by atoms with van der Waals surface area (Å²) in [4.78, 5) is 28.9. The molecule has 4 heterocycles. The second-order valence-electron chi connectivity index (χ2n) is 11.6. The average molecular weight is 699 g/mol. The summed E-state index contributed by atoms with van der Waals surface area (Å²) < 4.78 is 25.9. The van der Waals surface area contributed by atoms with Crippen LogP contribution in [0.1, 0.15) is 58.5 Å². The number of phenols is 2. The topological polar surface area (TPSA) is 171 Å². The molecule has 0 radical (unpaired) electrons. The highest BCUT2D eigenvalue weighted by molar-refractivity contribution is 6.67. The molecule has 4 aliphatic heterocycles. The number of hydrogen-bond donors (Lipinski definition) is 3. The van der Waals surface area contributed by atoms with Gasteiger partial charge in [-0.3, -0.25) is 14.6 Å². The summed E-state index contributed by atoms with van der Waals surface area (Å²) in [6.07, 6.45) is -2.49. The van der Waals surface area contributed by atoms with Crippen LogP contribution in [-0.4, -0.2) is 86.2 Å². The van der Waals surface area contributed by atoms with Gasteiger partial charge in [-0.25, -0.2) is 4.79 Å². The fourth-order valence-corrected chi connectivity index (χ4v) is 7.59. The number of fused-ring (bicyclic) bond motifs is 9. The van der Waals surface area contributed by atoms with Crippen LogP contribution in [0.3, 0.4) is 0 Å². The number of carbonyl (C=O) groups excluding carboxylic acids is 2. The summed E-state index contributed by atoms with van der Waals surface area (Å²) in [7, 11) is 1.39. The van der Waals surface area contributed by atoms with Crippen molar-refractivity contribution in [2.45, 2.75) is 67.3 Å². The van der Waals surface area contributed by atoms with Crippen LogP contribution >= 0.6 is 34.8 Å². The summed E-state index contributed by atoms with van der Waals surface area (Å²) >= 11 is 17.7. The molecule has 13 nitrogen and oxygen atoms in total. The first-order valence-corrected chi connectivity index (χ1v) is 15.4. The van der Waals surface area contributed by atoms with Crippen molar-refractivity contribution in [1.29, 1.82) is 5.26 Å². The van der Waals surface area contributed by atoms with E-state index in [0.29, 0.717) is 16.7 Å². The molecule has 6 rings (SSSR count). The second kappa shape index (κ2) is 11.6. The number of esters is 1. The third-order valence-corrected chi connectivity index (χ3v) is 9.39. The number of aliphatic hydroxyl groups is 1. The van der Waals surface area contributed by atoms with E-state index in [9.17, 15) is 30.2 Å². The molecule has 0 spiro atoms. The Morgan fingerprint density at radius 3 is 2.43 bits per heavy atom. The minimum absolute atomic E-state index is 0.0376. The van der Waals surface area contributed by atoms with Crippen molar-refractivity contribution in [3.63, 3.8) is 0 Å². The summed E-state index contributed by atoms with van der Waals surface area (Å²) in [5, 5.41) is 46.2.